The minimum Gasteiger partial charge on any atom is -0.308 e. The number of hydrogen-bond acceptors (Lipinski definition) is 2. The zero-order valence-electron chi connectivity index (χ0n) is 13.4. The van der Waals surface area contributed by atoms with E-state index in [1.807, 2.05) is 0 Å². The Bertz CT molecular complexity index is 523. The fraction of sp³-hybridized carbons (Fsp3) is 0.474. The van der Waals surface area contributed by atoms with Crippen LogP contribution in [0.25, 0.3) is 12.2 Å². The van der Waals surface area contributed by atoms with Gasteiger partial charge in [-0.1, -0.05) is 70.2 Å². The molecule has 0 bridgehead atoms. The van der Waals surface area contributed by atoms with Gasteiger partial charge in [0.2, 0.25) is 0 Å². The van der Waals surface area contributed by atoms with Gasteiger partial charge in [-0.2, -0.15) is 0 Å². The van der Waals surface area contributed by atoms with Crippen LogP contribution in [0.2, 0.25) is 0 Å². The van der Waals surface area contributed by atoms with E-state index in [-0.39, 0.29) is 0 Å². The maximum absolute atomic E-state index is 3.73. The Morgan fingerprint density at radius 1 is 0.810 bits per heavy atom. The van der Waals surface area contributed by atoms with Crippen molar-refractivity contribution in [3.05, 3.63) is 47.0 Å². The average molecular weight is 282 g/mol. The number of nitrogens with one attached hydrogen (secondary N) is 2. The third-order valence-electron chi connectivity index (χ3n) is 4.30. The lowest BCUT2D eigenvalue weighted by Gasteiger charge is -2.40. The van der Waals surface area contributed by atoms with Crippen molar-refractivity contribution < 1.29 is 0 Å². The van der Waals surface area contributed by atoms with Crippen LogP contribution in [-0.2, 0) is 0 Å². The van der Waals surface area contributed by atoms with Gasteiger partial charge in [0.15, 0.2) is 0 Å². The van der Waals surface area contributed by atoms with Gasteiger partial charge in [0.05, 0.1) is 0 Å². The molecule has 2 aliphatic rings. The van der Waals surface area contributed by atoms with E-state index in [4.69, 9.17) is 0 Å². The summed E-state index contributed by atoms with van der Waals surface area (Å²) in [6.07, 6.45) is 9.23. The third kappa shape index (κ3) is 2.83. The first-order valence-electron chi connectivity index (χ1n) is 8.07. The van der Waals surface area contributed by atoms with Crippen LogP contribution in [0.15, 0.2) is 30.4 Å². The van der Waals surface area contributed by atoms with E-state index in [1.54, 1.807) is 0 Å². The maximum Gasteiger partial charge on any atom is 0.0343 e. The molecular formula is C19H26N2. The summed E-state index contributed by atoms with van der Waals surface area (Å²) in [6.45, 7) is 8.88. The molecule has 0 saturated carbocycles. The van der Waals surface area contributed by atoms with Crippen LogP contribution in [0.3, 0.4) is 0 Å². The normalized spacial score (nSPS) is 26.5. The SMILES string of the molecule is CC(C)NC1C=Cc2cccc3c2C1C(NC(C)C)C=C3. The minimum atomic E-state index is 0.389. The van der Waals surface area contributed by atoms with E-state index in [9.17, 15) is 0 Å². The topological polar surface area (TPSA) is 24.1 Å². The van der Waals surface area contributed by atoms with Crippen molar-refractivity contribution in [2.45, 2.75) is 57.8 Å². The minimum absolute atomic E-state index is 0.389. The summed E-state index contributed by atoms with van der Waals surface area (Å²) in [6, 6.07) is 8.38. The van der Waals surface area contributed by atoms with Crippen LogP contribution < -0.4 is 10.6 Å². The molecule has 2 N–H and O–H groups in total. The van der Waals surface area contributed by atoms with Gasteiger partial charge in [-0.15, -0.1) is 0 Å². The average Bonchev–Trinajstić information content (AvgIpc) is 2.42. The molecule has 1 aromatic rings. The van der Waals surface area contributed by atoms with Crippen molar-refractivity contribution in [3.63, 3.8) is 0 Å². The van der Waals surface area contributed by atoms with E-state index < -0.39 is 0 Å². The van der Waals surface area contributed by atoms with E-state index in [0.717, 1.165) is 0 Å². The number of hydrogen-bond donors (Lipinski definition) is 2. The first-order chi connectivity index (χ1) is 10.1. The highest BCUT2D eigenvalue weighted by Gasteiger charge is 2.35. The van der Waals surface area contributed by atoms with Gasteiger partial charge in [-0.05, 0) is 16.7 Å². The Morgan fingerprint density at radius 2 is 1.29 bits per heavy atom. The van der Waals surface area contributed by atoms with Gasteiger partial charge in [-0.25, -0.2) is 0 Å². The van der Waals surface area contributed by atoms with Crippen LogP contribution in [0.4, 0.5) is 0 Å². The predicted octanol–water partition coefficient (Wildman–Crippen LogP) is 3.56. The second kappa shape index (κ2) is 5.78. The first-order valence-corrected chi connectivity index (χ1v) is 8.07. The molecule has 112 valence electrons. The van der Waals surface area contributed by atoms with Crippen molar-refractivity contribution in [2.75, 3.05) is 0 Å². The second-order valence-corrected chi connectivity index (χ2v) is 6.79. The summed E-state index contributed by atoms with van der Waals surface area (Å²) in [5.41, 5.74) is 4.25. The third-order valence-corrected chi connectivity index (χ3v) is 4.30. The molecule has 0 radical (unpaired) electrons. The Hall–Kier alpha value is -1.38. The Kier molecular flexibility index (Phi) is 4.01. The molecule has 21 heavy (non-hydrogen) atoms. The fourth-order valence-corrected chi connectivity index (χ4v) is 3.60. The number of benzene rings is 1. The van der Waals surface area contributed by atoms with Crippen molar-refractivity contribution in [2.24, 2.45) is 0 Å². The van der Waals surface area contributed by atoms with E-state index in [0.29, 0.717) is 30.1 Å². The molecule has 2 atom stereocenters. The van der Waals surface area contributed by atoms with Crippen molar-refractivity contribution in [3.8, 4) is 0 Å². The van der Waals surface area contributed by atoms with Crippen molar-refractivity contribution in [1.82, 2.24) is 10.6 Å². The molecule has 2 nitrogen and oxygen atoms in total. The summed E-state index contributed by atoms with van der Waals surface area (Å²) >= 11 is 0. The van der Waals surface area contributed by atoms with Gasteiger partial charge in [0.25, 0.3) is 0 Å². The smallest absolute Gasteiger partial charge is 0.0343 e. The van der Waals surface area contributed by atoms with Crippen molar-refractivity contribution in [1.29, 1.82) is 0 Å². The molecule has 2 heteroatoms. The molecule has 3 rings (SSSR count). The lowest BCUT2D eigenvalue weighted by atomic mass is 9.73. The Balaban J connectivity index is 2.02. The van der Waals surface area contributed by atoms with E-state index in [1.165, 1.54) is 16.7 Å². The van der Waals surface area contributed by atoms with Crippen LogP contribution >= 0.6 is 0 Å². The monoisotopic (exact) mass is 282 g/mol. The highest BCUT2D eigenvalue weighted by Crippen LogP contribution is 2.39. The zero-order valence-corrected chi connectivity index (χ0v) is 13.4. The molecule has 0 spiro atoms. The summed E-state index contributed by atoms with van der Waals surface area (Å²) in [5.74, 6) is 0.469. The van der Waals surface area contributed by atoms with Crippen LogP contribution in [0.5, 0.6) is 0 Å². The first kappa shape index (κ1) is 14.6. The second-order valence-electron chi connectivity index (χ2n) is 6.79. The van der Waals surface area contributed by atoms with Gasteiger partial charge in [-0.3, -0.25) is 0 Å². The molecule has 0 saturated heterocycles. The number of rotatable bonds is 4. The summed E-state index contributed by atoms with van der Waals surface area (Å²) in [5, 5.41) is 7.45. The van der Waals surface area contributed by atoms with Crippen LogP contribution in [0.1, 0.15) is 50.3 Å². The maximum atomic E-state index is 3.73. The van der Waals surface area contributed by atoms with Crippen LogP contribution in [-0.4, -0.2) is 24.2 Å². The Labute approximate surface area is 128 Å². The van der Waals surface area contributed by atoms with Gasteiger partial charge >= 0.3 is 0 Å². The molecule has 0 aromatic heterocycles. The van der Waals surface area contributed by atoms with E-state index in [2.05, 4.69) is 80.8 Å². The van der Waals surface area contributed by atoms with E-state index >= 15 is 0 Å². The van der Waals surface area contributed by atoms with Gasteiger partial charge < -0.3 is 10.6 Å². The van der Waals surface area contributed by atoms with Crippen molar-refractivity contribution >= 4 is 12.2 Å². The Morgan fingerprint density at radius 3 is 1.71 bits per heavy atom. The highest BCUT2D eigenvalue weighted by atomic mass is 15.0. The molecule has 2 aliphatic carbocycles. The van der Waals surface area contributed by atoms with Gasteiger partial charge in [0, 0.05) is 30.1 Å². The molecule has 0 heterocycles. The largest absolute Gasteiger partial charge is 0.308 e. The van der Waals surface area contributed by atoms with Crippen LogP contribution in [0, 0.1) is 0 Å². The molecule has 1 aromatic carbocycles. The molecule has 2 unspecified atom stereocenters. The quantitative estimate of drug-likeness (QED) is 0.882. The highest BCUT2D eigenvalue weighted by molar-refractivity contribution is 5.70. The lowest BCUT2D eigenvalue weighted by Crippen LogP contribution is -2.49. The lowest BCUT2D eigenvalue weighted by molar-refractivity contribution is 0.375. The molecule has 0 fully saturated rings. The summed E-state index contributed by atoms with van der Waals surface area (Å²) in [4.78, 5) is 0. The fourth-order valence-electron chi connectivity index (χ4n) is 3.60. The summed E-state index contributed by atoms with van der Waals surface area (Å²) < 4.78 is 0. The molecule has 0 amide bonds. The molecular weight excluding hydrogens is 256 g/mol. The standard InChI is InChI=1S/C19H26N2/c1-12(2)20-16-10-8-14-6-5-7-15-9-11-17(21-13(3)4)19(16)18(14)15/h5-13,16-17,19-21H,1-4H3. The molecule has 0 aliphatic heterocycles. The zero-order chi connectivity index (χ0) is 15.0. The predicted molar refractivity (Wildman–Crippen MR) is 91.4 cm³/mol. The van der Waals surface area contributed by atoms with Gasteiger partial charge in [0.1, 0.15) is 0 Å². The summed E-state index contributed by atoms with van der Waals surface area (Å²) in [7, 11) is 0.